The van der Waals surface area contributed by atoms with Crippen molar-refractivity contribution in [2.75, 3.05) is 35.0 Å². The van der Waals surface area contributed by atoms with Crippen molar-refractivity contribution in [3.63, 3.8) is 0 Å². The average molecular weight is 538 g/mol. The number of halogens is 1. The number of aliphatic hydroxyl groups is 1. The predicted molar refractivity (Wildman–Crippen MR) is 143 cm³/mol. The summed E-state index contributed by atoms with van der Waals surface area (Å²) in [5, 5.41) is 11.7. The highest BCUT2D eigenvalue weighted by Gasteiger charge is 2.46. The molecule has 8 nitrogen and oxygen atoms in total. The Morgan fingerprint density at radius 2 is 1.50 bits per heavy atom. The minimum Gasteiger partial charge on any atom is -0.507 e. The van der Waals surface area contributed by atoms with Crippen molar-refractivity contribution in [2.45, 2.75) is 12.5 Å². The lowest BCUT2D eigenvalue weighted by atomic mass is 9.95. The van der Waals surface area contributed by atoms with Crippen LogP contribution in [0.4, 0.5) is 0 Å². The van der Waals surface area contributed by atoms with Gasteiger partial charge in [0.25, 0.3) is 11.7 Å². The van der Waals surface area contributed by atoms with E-state index in [0.717, 1.165) is 5.56 Å². The highest BCUT2D eigenvalue weighted by atomic mass is 35.5. The molecule has 198 valence electrons. The van der Waals surface area contributed by atoms with Crippen LogP contribution in [0.2, 0.25) is 5.02 Å². The standard InChI is InChI=1S/C29H28ClNO7/c1-35-21-11-10-17(14-24(21)38-4)12-13-31-26(18-8-6-5-7-9-18)25(28(33)29(31)34)27(32)19-15-20(30)23(37-3)16-22(19)36-2/h5-11,14-16,26,32H,12-13H2,1-4H3/b27-25+. The molecule has 1 saturated heterocycles. The maximum absolute atomic E-state index is 13.4. The van der Waals surface area contributed by atoms with Gasteiger partial charge in [0.15, 0.2) is 11.5 Å². The van der Waals surface area contributed by atoms with Crippen molar-refractivity contribution in [1.82, 2.24) is 4.90 Å². The molecule has 1 atom stereocenters. The maximum Gasteiger partial charge on any atom is 0.295 e. The van der Waals surface area contributed by atoms with Gasteiger partial charge in [-0.2, -0.15) is 0 Å². The predicted octanol–water partition coefficient (Wildman–Crippen LogP) is 5.04. The van der Waals surface area contributed by atoms with Crippen LogP contribution in [0.5, 0.6) is 23.0 Å². The first kappa shape index (κ1) is 26.9. The summed E-state index contributed by atoms with van der Waals surface area (Å²) in [5.74, 6) is -0.144. The number of methoxy groups -OCH3 is 4. The summed E-state index contributed by atoms with van der Waals surface area (Å²) >= 11 is 6.32. The molecule has 0 aliphatic carbocycles. The van der Waals surface area contributed by atoms with Crippen LogP contribution in [-0.2, 0) is 16.0 Å². The Labute approximate surface area is 225 Å². The minimum absolute atomic E-state index is 0.0481. The van der Waals surface area contributed by atoms with E-state index in [-0.39, 0.29) is 34.2 Å². The number of hydrogen-bond donors (Lipinski definition) is 1. The molecule has 1 N–H and O–H groups in total. The van der Waals surface area contributed by atoms with Crippen LogP contribution < -0.4 is 18.9 Å². The van der Waals surface area contributed by atoms with E-state index in [4.69, 9.17) is 30.5 Å². The molecule has 0 spiro atoms. The molecule has 1 aliphatic rings. The van der Waals surface area contributed by atoms with Gasteiger partial charge in [-0.05, 0) is 35.7 Å². The van der Waals surface area contributed by atoms with Crippen molar-refractivity contribution in [1.29, 1.82) is 0 Å². The molecule has 3 aromatic carbocycles. The topological polar surface area (TPSA) is 94.5 Å². The Bertz CT molecular complexity index is 1390. The van der Waals surface area contributed by atoms with Crippen LogP contribution in [0.1, 0.15) is 22.7 Å². The number of rotatable bonds is 9. The van der Waals surface area contributed by atoms with Gasteiger partial charge in [0.1, 0.15) is 17.3 Å². The number of hydrogen-bond acceptors (Lipinski definition) is 7. The Balaban J connectivity index is 1.79. The molecular weight excluding hydrogens is 510 g/mol. The van der Waals surface area contributed by atoms with Gasteiger partial charge < -0.3 is 29.0 Å². The quantitative estimate of drug-likeness (QED) is 0.232. The summed E-state index contributed by atoms with van der Waals surface area (Å²) in [6, 6.07) is 16.7. The second-order valence-electron chi connectivity index (χ2n) is 8.53. The van der Waals surface area contributed by atoms with Gasteiger partial charge in [0.05, 0.1) is 50.6 Å². The molecule has 3 aromatic rings. The number of ketones is 1. The summed E-state index contributed by atoms with van der Waals surface area (Å²) in [5.41, 5.74) is 1.70. The van der Waals surface area contributed by atoms with E-state index in [2.05, 4.69) is 0 Å². The molecule has 9 heteroatoms. The average Bonchev–Trinajstić information content (AvgIpc) is 3.20. The molecule has 38 heavy (non-hydrogen) atoms. The fraction of sp³-hybridized carbons (Fsp3) is 0.241. The number of carbonyl (C=O) groups excluding carboxylic acids is 2. The first-order valence-electron chi connectivity index (χ1n) is 11.8. The Kier molecular flexibility index (Phi) is 8.12. The molecule has 1 amide bonds. The molecule has 1 aliphatic heterocycles. The fourth-order valence-corrected chi connectivity index (χ4v) is 4.81. The van der Waals surface area contributed by atoms with Gasteiger partial charge in [0, 0.05) is 12.6 Å². The number of Topliss-reactive ketones (excluding diaryl/α,β-unsaturated/α-hetero) is 1. The van der Waals surface area contributed by atoms with Crippen LogP contribution in [0, 0.1) is 0 Å². The third-order valence-corrected chi connectivity index (χ3v) is 6.77. The summed E-state index contributed by atoms with van der Waals surface area (Å²) in [6.07, 6.45) is 0.439. The van der Waals surface area contributed by atoms with E-state index >= 15 is 0 Å². The summed E-state index contributed by atoms with van der Waals surface area (Å²) in [6.45, 7) is 0.219. The summed E-state index contributed by atoms with van der Waals surface area (Å²) in [4.78, 5) is 28.2. The van der Waals surface area contributed by atoms with Crippen LogP contribution in [0.25, 0.3) is 5.76 Å². The lowest BCUT2D eigenvalue weighted by Gasteiger charge is -2.25. The molecule has 1 heterocycles. The summed E-state index contributed by atoms with van der Waals surface area (Å²) < 4.78 is 21.4. The maximum atomic E-state index is 13.4. The van der Waals surface area contributed by atoms with Crippen LogP contribution >= 0.6 is 11.6 Å². The normalized spacial score (nSPS) is 16.4. The van der Waals surface area contributed by atoms with Crippen LogP contribution in [0.15, 0.2) is 66.2 Å². The van der Waals surface area contributed by atoms with Crippen LogP contribution in [0.3, 0.4) is 0 Å². The largest absolute Gasteiger partial charge is 0.507 e. The van der Waals surface area contributed by atoms with Gasteiger partial charge >= 0.3 is 0 Å². The molecule has 4 rings (SSSR count). The Hall–Kier alpha value is -4.17. The van der Waals surface area contributed by atoms with E-state index in [0.29, 0.717) is 29.2 Å². The lowest BCUT2D eigenvalue weighted by molar-refractivity contribution is -0.139. The second-order valence-corrected chi connectivity index (χ2v) is 8.94. The zero-order chi connectivity index (χ0) is 27.4. The van der Waals surface area contributed by atoms with E-state index in [1.165, 1.54) is 31.3 Å². The van der Waals surface area contributed by atoms with Crippen molar-refractivity contribution < 1.29 is 33.6 Å². The molecule has 1 unspecified atom stereocenters. The van der Waals surface area contributed by atoms with E-state index in [1.54, 1.807) is 20.3 Å². The number of nitrogens with zero attached hydrogens (tertiary/aromatic N) is 1. The van der Waals surface area contributed by atoms with Crippen molar-refractivity contribution >= 4 is 29.1 Å². The van der Waals surface area contributed by atoms with E-state index < -0.39 is 17.7 Å². The smallest absolute Gasteiger partial charge is 0.295 e. The molecule has 0 bridgehead atoms. The number of likely N-dealkylation sites (tertiary alicyclic amines) is 1. The number of ether oxygens (including phenoxy) is 4. The van der Waals surface area contributed by atoms with E-state index in [9.17, 15) is 14.7 Å². The molecule has 0 aromatic heterocycles. The number of aliphatic hydroxyl groups excluding tert-OH is 1. The molecule has 1 fully saturated rings. The lowest BCUT2D eigenvalue weighted by Crippen LogP contribution is -2.31. The highest BCUT2D eigenvalue weighted by Crippen LogP contribution is 2.43. The third kappa shape index (κ3) is 4.99. The van der Waals surface area contributed by atoms with Gasteiger partial charge in [-0.1, -0.05) is 48.0 Å². The van der Waals surface area contributed by atoms with Gasteiger partial charge in [0.2, 0.25) is 0 Å². The molecule has 0 radical (unpaired) electrons. The van der Waals surface area contributed by atoms with Crippen LogP contribution in [-0.4, -0.2) is 56.7 Å². The van der Waals surface area contributed by atoms with Crippen molar-refractivity contribution in [3.8, 4) is 23.0 Å². The highest BCUT2D eigenvalue weighted by molar-refractivity contribution is 6.46. The third-order valence-electron chi connectivity index (χ3n) is 6.47. The SMILES string of the molecule is COc1cc(OC)c(/C(O)=C2\C(=O)C(=O)N(CCc3ccc(OC)c(OC)c3)C2c2ccccc2)cc1Cl. The number of carbonyl (C=O) groups is 2. The summed E-state index contributed by atoms with van der Waals surface area (Å²) in [7, 11) is 5.99. The minimum atomic E-state index is -0.818. The Morgan fingerprint density at radius 3 is 2.13 bits per heavy atom. The second kappa shape index (κ2) is 11.5. The van der Waals surface area contributed by atoms with Gasteiger partial charge in [-0.25, -0.2) is 0 Å². The van der Waals surface area contributed by atoms with E-state index in [1.807, 2.05) is 42.5 Å². The van der Waals surface area contributed by atoms with Crippen molar-refractivity contribution in [2.24, 2.45) is 0 Å². The number of benzene rings is 3. The zero-order valence-corrected chi connectivity index (χ0v) is 22.2. The Morgan fingerprint density at radius 1 is 0.842 bits per heavy atom. The van der Waals surface area contributed by atoms with Gasteiger partial charge in [-0.15, -0.1) is 0 Å². The number of amides is 1. The molecule has 0 saturated carbocycles. The fourth-order valence-electron chi connectivity index (χ4n) is 4.57. The zero-order valence-electron chi connectivity index (χ0n) is 21.5. The monoisotopic (exact) mass is 537 g/mol. The first-order chi connectivity index (χ1) is 18.3. The first-order valence-corrected chi connectivity index (χ1v) is 12.2. The van der Waals surface area contributed by atoms with Crippen molar-refractivity contribution in [3.05, 3.63) is 87.9 Å². The molecular formula is C29H28ClNO7. The van der Waals surface area contributed by atoms with Gasteiger partial charge in [-0.3, -0.25) is 9.59 Å².